The van der Waals surface area contributed by atoms with E-state index in [9.17, 15) is 9.18 Å². The zero-order chi connectivity index (χ0) is 15.4. The van der Waals surface area contributed by atoms with Gasteiger partial charge in [0.25, 0.3) is 0 Å². The van der Waals surface area contributed by atoms with Crippen molar-refractivity contribution in [2.24, 2.45) is 0 Å². The smallest absolute Gasteiger partial charge is 0.323 e. The molecule has 0 saturated carbocycles. The monoisotopic (exact) mass is 299 g/mol. The molecule has 0 unspecified atom stereocenters. The van der Waals surface area contributed by atoms with Gasteiger partial charge >= 0.3 is 5.97 Å². The lowest BCUT2D eigenvalue weighted by Gasteiger charge is -2.11. The van der Waals surface area contributed by atoms with Gasteiger partial charge in [-0.3, -0.25) is 4.79 Å². The topological polar surface area (TPSA) is 38.3 Å². The van der Waals surface area contributed by atoms with Gasteiger partial charge in [0.2, 0.25) is 0 Å². The van der Waals surface area contributed by atoms with Gasteiger partial charge in [0, 0.05) is 6.54 Å². The van der Waals surface area contributed by atoms with E-state index in [0.29, 0.717) is 19.6 Å². The highest BCUT2D eigenvalue weighted by Gasteiger charge is 2.31. The fraction of sp³-hybridized carbons (Fsp3) is 0.278. The van der Waals surface area contributed by atoms with Crippen molar-refractivity contribution in [3.8, 4) is 0 Å². The van der Waals surface area contributed by atoms with Crippen molar-refractivity contribution in [3.05, 3.63) is 71.5 Å². The van der Waals surface area contributed by atoms with Crippen LogP contribution in [0.3, 0.4) is 0 Å². The quantitative estimate of drug-likeness (QED) is 0.882. The van der Waals surface area contributed by atoms with Crippen LogP contribution in [-0.4, -0.2) is 18.6 Å². The van der Waals surface area contributed by atoms with Gasteiger partial charge in [-0.2, -0.15) is 0 Å². The second-order valence-corrected chi connectivity index (χ2v) is 5.54. The lowest BCUT2D eigenvalue weighted by atomic mass is 9.96. The highest BCUT2D eigenvalue weighted by molar-refractivity contribution is 5.76. The van der Waals surface area contributed by atoms with Gasteiger partial charge in [-0.25, -0.2) is 4.39 Å². The van der Waals surface area contributed by atoms with Gasteiger partial charge in [0.1, 0.15) is 18.5 Å². The Balaban J connectivity index is 1.53. The van der Waals surface area contributed by atoms with E-state index in [4.69, 9.17) is 4.74 Å². The van der Waals surface area contributed by atoms with Crippen molar-refractivity contribution in [2.75, 3.05) is 6.54 Å². The van der Waals surface area contributed by atoms with Crippen LogP contribution in [-0.2, 0) is 16.1 Å². The molecule has 0 bridgehead atoms. The molecule has 1 fully saturated rings. The Morgan fingerprint density at radius 1 is 1.14 bits per heavy atom. The van der Waals surface area contributed by atoms with Gasteiger partial charge in [0.05, 0.1) is 0 Å². The third-order valence-corrected chi connectivity index (χ3v) is 3.98. The zero-order valence-electron chi connectivity index (χ0n) is 12.2. The molecule has 2 aromatic carbocycles. The number of carbonyl (C=O) groups is 1. The molecule has 3 rings (SSSR count). The molecule has 2 atom stereocenters. The summed E-state index contributed by atoms with van der Waals surface area (Å²) in [6.45, 7) is 0.996. The molecule has 2 aromatic rings. The third-order valence-electron chi connectivity index (χ3n) is 3.98. The number of rotatable bonds is 4. The highest BCUT2D eigenvalue weighted by atomic mass is 19.1. The van der Waals surface area contributed by atoms with Crippen LogP contribution in [0.15, 0.2) is 54.6 Å². The zero-order valence-corrected chi connectivity index (χ0v) is 12.2. The predicted molar refractivity (Wildman–Crippen MR) is 81.8 cm³/mol. The summed E-state index contributed by atoms with van der Waals surface area (Å²) in [5.41, 5.74) is 2.02. The number of benzene rings is 2. The molecular formula is C18H18FNO2. The molecule has 0 aliphatic carbocycles. The minimum absolute atomic E-state index is 0.217. The van der Waals surface area contributed by atoms with Gasteiger partial charge in [-0.1, -0.05) is 42.5 Å². The fourth-order valence-corrected chi connectivity index (χ4v) is 2.73. The molecule has 0 spiro atoms. The average Bonchev–Trinajstić information content (AvgIpc) is 3.04. The number of hydrogen-bond donors (Lipinski definition) is 1. The number of hydrogen-bond acceptors (Lipinski definition) is 3. The van der Waals surface area contributed by atoms with Crippen molar-refractivity contribution in [1.82, 2.24) is 5.32 Å². The molecule has 0 radical (unpaired) electrons. The molecular weight excluding hydrogens is 281 g/mol. The average molecular weight is 299 g/mol. The van der Waals surface area contributed by atoms with E-state index in [-0.39, 0.29) is 23.7 Å². The Hall–Kier alpha value is -2.20. The molecule has 1 aliphatic rings. The van der Waals surface area contributed by atoms with Crippen LogP contribution in [0.2, 0.25) is 0 Å². The molecule has 1 N–H and O–H groups in total. The molecule has 4 heteroatoms. The minimum Gasteiger partial charge on any atom is -0.460 e. The van der Waals surface area contributed by atoms with E-state index >= 15 is 0 Å². The lowest BCUT2D eigenvalue weighted by Crippen LogP contribution is -2.32. The summed E-state index contributed by atoms with van der Waals surface area (Å²) in [6, 6.07) is 15.8. The van der Waals surface area contributed by atoms with Crippen LogP contribution < -0.4 is 5.32 Å². The largest absolute Gasteiger partial charge is 0.460 e. The first-order chi connectivity index (χ1) is 10.7. The van der Waals surface area contributed by atoms with Crippen molar-refractivity contribution < 1.29 is 13.9 Å². The maximum atomic E-state index is 13.0. The molecule has 0 aromatic heterocycles. The van der Waals surface area contributed by atoms with Gasteiger partial charge in [0.15, 0.2) is 0 Å². The van der Waals surface area contributed by atoms with Gasteiger partial charge in [-0.05, 0) is 35.6 Å². The van der Waals surface area contributed by atoms with Crippen LogP contribution in [0.4, 0.5) is 4.39 Å². The van der Waals surface area contributed by atoms with Crippen LogP contribution in [0.25, 0.3) is 0 Å². The first kappa shape index (κ1) is 14.7. The summed E-state index contributed by atoms with van der Waals surface area (Å²) in [4.78, 5) is 12.1. The molecule has 114 valence electrons. The molecule has 22 heavy (non-hydrogen) atoms. The summed E-state index contributed by atoms with van der Waals surface area (Å²) in [5, 5.41) is 3.19. The number of ether oxygens (including phenoxy) is 1. The first-order valence-corrected chi connectivity index (χ1v) is 7.42. The van der Waals surface area contributed by atoms with E-state index < -0.39 is 0 Å². The van der Waals surface area contributed by atoms with E-state index in [1.807, 2.05) is 30.3 Å². The van der Waals surface area contributed by atoms with E-state index in [1.54, 1.807) is 12.1 Å². The van der Waals surface area contributed by atoms with Crippen LogP contribution in [0, 0.1) is 5.82 Å². The highest BCUT2D eigenvalue weighted by Crippen LogP contribution is 2.26. The molecule has 1 aliphatic heterocycles. The lowest BCUT2D eigenvalue weighted by molar-refractivity contribution is -0.147. The van der Waals surface area contributed by atoms with Gasteiger partial charge in [-0.15, -0.1) is 0 Å². The maximum Gasteiger partial charge on any atom is 0.323 e. The van der Waals surface area contributed by atoms with Crippen LogP contribution >= 0.6 is 0 Å². The first-order valence-electron chi connectivity index (χ1n) is 7.42. The summed E-state index contributed by atoms with van der Waals surface area (Å²) >= 11 is 0. The van der Waals surface area contributed by atoms with Crippen molar-refractivity contribution >= 4 is 5.97 Å². The summed E-state index contributed by atoms with van der Waals surface area (Å²) < 4.78 is 18.3. The van der Waals surface area contributed by atoms with Crippen molar-refractivity contribution in [3.63, 3.8) is 0 Å². The summed E-state index contributed by atoms with van der Waals surface area (Å²) in [6.07, 6.45) is 0.680. The summed E-state index contributed by atoms with van der Waals surface area (Å²) in [7, 11) is 0. The van der Waals surface area contributed by atoms with Gasteiger partial charge < -0.3 is 10.1 Å². The molecule has 3 nitrogen and oxygen atoms in total. The van der Waals surface area contributed by atoms with E-state index in [2.05, 4.69) is 5.32 Å². The fourth-order valence-electron chi connectivity index (χ4n) is 2.73. The normalized spacial score (nSPS) is 20.8. The maximum absolute atomic E-state index is 13.0. The van der Waals surface area contributed by atoms with Crippen LogP contribution in [0.1, 0.15) is 23.5 Å². The van der Waals surface area contributed by atoms with E-state index in [0.717, 1.165) is 11.1 Å². The van der Waals surface area contributed by atoms with Crippen molar-refractivity contribution in [1.29, 1.82) is 0 Å². The third kappa shape index (κ3) is 3.52. The molecule has 1 saturated heterocycles. The Morgan fingerprint density at radius 2 is 1.86 bits per heavy atom. The number of halogens is 1. The van der Waals surface area contributed by atoms with Crippen LogP contribution in [0.5, 0.6) is 0 Å². The minimum atomic E-state index is -0.293. The van der Waals surface area contributed by atoms with E-state index in [1.165, 1.54) is 12.1 Å². The Labute approximate surface area is 129 Å². The summed E-state index contributed by atoms with van der Waals surface area (Å²) in [5.74, 6) is -0.253. The molecule has 0 amide bonds. The number of nitrogens with one attached hydrogen (secondary N) is 1. The number of esters is 1. The second kappa shape index (κ2) is 6.71. The van der Waals surface area contributed by atoms with Crippen molar-refractivity contribution in [2.45, 2.75) is 25.0 Å². The Kier molecular flexibility index (Phi) is 4.49. The Bertz CT molecular complexity index is 627. The molecule has 1 heterocycles. The Morgan fingerprint density at radius 3 is 2.59 bits per heavy atom. The second-order valence-electron chi connectivity index (χ2n) is 5.54. The number of carbonyl (C=O) groups excluding carboxylic acids is 1. The predicted octanol–water partition coefficient (Wildman–Crippen LogP) is 3.01. The SMILES string of the molecule is O=C(OCc1ccccc1)[C@@H]1C[C@@H](c2ccc(F)cc2)CN1. The standard InChI is InChI=1S/C18H18FNO2/c19-16-8-6-14(7-9-16)15-10-17(20-11-15)18(21)22-12-13-4-2-1-3-5-13/h1-9,15,17,20H,10-12H2/t15-,17+/m1/s1.